The number of hydrogen-bond donors (Lipinski definition) is 4. The van der Waals surface area contributed by atoms with Crippen molar-refractivity contribution in [3.63, 3.8) is 0 Å². The van der Waals surface area contributed by atoms with Crippen molar-refractivity contribution in [2.24, 2.45) is 11.8 Å². The SMILES string of the molecule is COC(=O)N[C@H](C(=O)N1CCCCC1c1cc(=O)c2ccc(-c3ccc4cc(-c5cnc([C@@H]6CCCN6C(=O)[C@@H](NC(=O)OC)C(C)C)[nH]5)ccc4c3)cc2[nH]1)C(C)C. The van der Waals surface area contributed by atoms with E-state index in [0.29, 0.717) is 41.9 Å². The summed E-state index contributed by atoms with van der Waals surface area (Å²) in [5.74, 6) is 0.0712. The number of methoxy groups -OCH3 is 2. The quantitative estimate of drug-likeness (QED) is 0.114. The lowest BCUT2D eigenvalue weighted by molar-refractivity contribution is -0.138. The largest absolute Gasteiger partial charge is 0.453 e. The first-order valence-electron chi connectivity index (χ1n) is 20.4. The second kappa shape index (κ2) is 17.4. The Morgan fingerprint density at radius 2 is 1.25 bits per heavy atom. The van der Waals surface area contributed by atoms with Gasteiger partial charge in [-0.1, -0.05) is 58.0 Å². The molecule has 4 heterocycles. The summed E-state index contributed by atoms with van der Waals surface area (Å²) >= 11 is 0. The number of imidazole rings is 1. The van der Waals surface area contributed by atoms with Crippen LogP contribution in [0, 0.1) is 11.8 Å². The van der Waals surface area contributed by atoms with Crippen LogP contribution in [0.5, 0.6) is 0 Å². The first kappa shape index (κ1) is 41.0. The third kappa shape index (κ3) is 8.53. The van der Waals surface area contributed by atoms with Crippen LogP contribution < -0.4 is 16.1 Å². The smallest absolute Gasteiger partial charge is 0.407 e. The highest BCUT2D eigenvalue weighted by Crippen LogP contribution is 2.35. The summed E-state index contributed by atoms with van der Waals surface area (Å²) in [5, 5.41) is 8.03. The zero-order valence-electron chi connectivity index (χ0n) is 34.5. The number of aromatic amines is 2. The van der Waals surface area contributed by atoms with Gasteiger partial charge < -0.3 is 39.9 Å². The predicted molar refractivity (Wildman–Crippen MR) is 225 cm³/mol. The van der Waals surface area contributed by atoms with Gasteiger partial charge in [-0.25, -0.2) is 14.6 Å². The van der Waals surface area contributed by atoms with E-state index in [0.717, 1.165) is 58.8 Å². The van der Waals surface area contributed by atoms with Gasteiger partial charge in [0, 0.05) is 35.8 Å². The van der Waals surface area contributed by atoms with Crippen LogP contribution in [-0.2, 0) is 19.1 Å². The topological polar surface area (TPSA) is 179 Å². The number of pyridine rings is 1. The minimum atomic E-state index is -0.759. The Morgan fingerprint density at radius 3 is 1.90 bits per heavy atom. The first-order valence-corrected chi connectivity index (χ1v) is 20.4. The molecule has 2 aliphatic heterocycles. The minimum absolute atomic E-state index is 0.120. The van der Waals surface area contributed by atoms with Crippen LogP contribution in [-0.4, -0.2) is 88.1 Å². The number of likely N-dealkylation sites (tertiary alicyclic amines) is 2. The van der Waals surface area contributed by atoms with Crippen LogP contribution in [0.15, 0.2) is 71.7 Å². The molecule has 4 N–H and O–H groups in total. The molecule has 3 aromatic carbocycles. The Balaban J connectivity index is 1.11. The van der Waals surface area contributed by atoms with Crippen molar-refractivity contribution in [1.29, 1.82) is 0 Å². The molecule has 0 saturated carbocycles. The predicted octanol–water partition coefficient (Wildman–Crippen LogP) is 7.22. The van der Waals surface area contributed by atoms with Gasteiger partial charge in [0.1, 0.15) is 17.9 Å². The Labute approximate surface area is 343 Å². The standard InChI is InChI=1S/C45H53N7O7/c1-25(2)39(49-44(56)58-5)42(54)51-18-8-7-10-36(51)34-23-38(53)32-17-16-30(22-33(32)47-34)28-12-13-29-21-31(15-14-27(29)20-28)35-24-46-41(48-35)37-11-9-19-52(37)43(55)40(26(3)4)50-45(57)59-6/h12-17,20-26,36-37,39-40H,7-11,18-19H2,1-6H3,(H,46,48)(H,47,53)(H,49,56)(H,50,57)/t36?,37-,39-,40-/m0/s1. The maximum atomic E-state index is 13.9. The minimum Gasteiger partial charge on any atom is -0.453 e. The van der Waals surface area contributed by atoms with Gasteiger partial charge in [-0.3, -0.25) is 14.4 Å². The van der Waals surface area contributed by atoms with Crippen molar-refractivity contribution >= 4 is 45.7 Å². The van der Waals surface area contributed by atoms with Crippen molar-refractivity contribution in [2.45, 2.75) is 84.0 Å². The number of nitrogens with one attached hydrogen (secondary N) is 4. The summed E-state index contributed by atoms with van der Waals surface area (Å²) in [6.45, 7) is 8.65. The van der Waals surface area contributed by atoms with Gasteiger partial charge in [-0.2, -0.15) is 0 Å². The molecular formula is C45H53N7O7. The molecule has 14 nitrogen and oxygen atoms in total. The van der Waals surface area contributed by atoms with Crippen molar-refractivity contribution < 1.29 is 28.7 Å². The summed E-state index contributed by atoms with van der Waals surface area (Å²) < 4.78 is 9.56. The number of alkyl carbamates (subject to hydrolysis) is 2. The summed E-state index contributed by atoms with van der Waals surface area (Å²) in [6, 6.07) is 17.8. The molecule has 1 unspecified atom stereocenters. The maximum absolute atomic E-state index is 13.9. The Kier molecular flexibility index (Phi) is 12.1. The number of amides is 4. The van der Waals surface area contributed by atoms with Gasteiger partial charge in [0.15, 0.2) is 5.43 Å². The first-order chi connectivity index (χ1) is 28.4. The van der Waals surface area contributed by atoms with Gasteiger partial charge in [0.2, 0.25) is 11.8 Å². The Hall–Kier alpha value is -6.18. The molecule has 4 amide bonds. The van der Waals surface area contributed by atoms with Gasteiger partial charge in [0.05, 0.1) is 43.7 Å². The van der Waals surface area contributed by atoms with Gasteiger partial charge >= 0.3 is 12.2 Å². The number of aromatic nitrogens is 3. The molecule has 4 atom stereocenters. The van der Waals surface area contributed by atoms with Crippen molar-refractivity contribution in [1.82, 2.24) is 35.4 Å². The van der Waals surface area contributed by atoms with E-state index in [1.807, 2.05) is 52.0 Å². The molecule has 2 aliphatic rings. The second-order valence-corrected chi connectivity index (χ2v) is 16.3. The fourth-order valence-electron chi connectivity index (χ4n) is 8.47. The van der Waals surface area contributed by atoms with E-state index >= 15 is 0 Å². The number of benzene rings is 3. The average Bonchev–Trinajstić information content (AvgIpc) is 3.94. The number of H-pyrrole nitrogens is 2. The summed E-state index contributed by atoms with van der Waals surface area (Å²) in [7, 11) is 2.56. The lowest BCUT2D eigenvalue weighted by Gasteiger charge is -2.38. The fourth-order valence-corrected chi connectivity index (χ4v) is 8.47. The monoisotopic (exact) mass is 803 g/mol. The third-order valence-electron chi connectivity index (χ3n) is 11.7. The molecule has 0 bridgehead atoms. The lowest BCUT2D eigenvalue weighted by atomic mass is 9.94. The highest BCUT2D eigenvalue weighted by Gasteiger charge is 2.38. The van der Waals surface area contributed by atoms with Gasteiger partial charge in [-0.05, 0) is 90.1 Å². The van der Waals surface area contributed by atoms with Crippen LogP contribution in [0.25, 0.3) is 44.1 Å². The molecular weight excluding hydrogens is 751 g/mol. The van der Waals surface area contributed by atoms with E-state index in [-0.39, 0.29) is 41.2 Å². The zero-order chi connectivity index (χ0) is 42.0. The molecule has 14 heteroatoms. The van der Waals surface area contributed by atoms with E-state index in [1.54, 1.807) is 22.1 Å². The number of rotatable bonds is 10. The Morgan fingerprint density at radius 1 is 0.695 bits per heavy atom. The average molecular weight is 804 g/mol. The van der Waals surface area contributed by atoms with Crippen LogP contribution in [0.4, 0.5) is 9.59 Å². The van der Waals surface area contributed by atoms with Gasteiger partial charge in [0.25, 0.3) is 0 Å². The van der Waals surface area contributed by atoms with Gasteiger partial charge in [-0.15, -0.1) is 0 Å². The van der Waals surface area contributed by atoms with E-state index < -0.39 is 24.3 Å². The van der Waals surface area contributed by atoms with Crippen molar-refractivity contribution in [3.05, 3.63) is 88.6 Å². The number of carbonyl (C=O) groups excluding carboxylic acids is 4. The summed E-state index contributed by atoms with van der Waals surface area (Å²) in [4.78, 5) is 80.3. The molecule has 0 spiro atoms. The molecule has 2 saturated heterocycles. The molecule has 2 fully saturated rings. The molecule has 0 radical (unpaired) electrons. The highest BCUT2D eigenvalue weighted by atomic mass is 16.5. The molecule has 310 valence electrons. The summed E-state index contributed by atoms with van der Waals surface area (Å²) in [6.07, 6.45) is 4.53. The fraction of sp³-hybridized carbons (Fsp3) is 0.422. The number of ether oxygens (including phenoxy) is 2. The molecule has 2 aromatic heterocycles. The van der Waals surface area contributed by atoms with Crippen LogP contribution in [0.1, 0.15) is 83.4 Å². The lowest BCUT2D eigenvalue weighted by Crippen LogP contribution is -2.53. The van der Waals surface area contributed by atoms with E-state index in [2.05, 4.69) is 50.9 Å². The van der Waals surface area contributed by atoms with Crippen LogP contribution >= 0.6 is 0 Å². The zero-order valence-corrected chi connectivity index (χ0v) is 34.5. The molecule has 0 aliphatic carbocycles. The number of hydrogen-bond acceptors (Lipinski definition) is 8. The molecule has 59 heavy (non-hydrogen) atoms. The number of carbonyl (C=O) groups is 4. The third-order valence-corrected chi connectivity index (χ3v) is 11.7. The van der Waals surface area contributed by atoms with E-state index in [4.69, 9.17) is 14.5 Å². The molecule has 5 aromatic rings. The number of fused-ring (bicyclic) bond motifs is 2. The maximum Gasteiger partial charge on any atom is 0.407 e. The van der Waals surface area contributed by atoms with Crippen molar-refractivity contribution in [2.75, 3.05) is 27.3 Å². The van der Waals surface area contributed by atoms with Crippen molar-refractivity contribution in [3.8, 4) is 22.4 Å². The van der Waals surface area contributed by atoms with E-state index in [9.17, 15) is 24.0 Å². The Bertz CT molecular complexity index is 2440. The molecule has 7 rings (SSSR count). The second-order valence-electron chi connectivity index (χ2n) is 16.3. The number of nitrogens with zero attached hydrogens (tertiary/aromatic N) is 3. The van der Waals surface area contributed by atoms with E-state index in [1.165, 1.54) is 14.2 Å². The normalized spacial score (nSPS) is 18.0. The number of piperidine rings is 1. The summed E-state index contributed by atoms with van der Waals surface area (Å²) in [5.41, 5.74) is 4.95. The van der Waals surface area contributed by atoms with Crippen LogP contribution in [0.3, 0.4) is 0 Å². The van der Waals surface area contributed by atoms with Crippen LogP contribution in [0.2, 0.25) is 0 Å². The highest BCUT2D eigenvalue weighted by molar-refractivity contribution is 5.92.